The van der Waals surface area contributed by atoms with Crippen molar-refractivity contribution in [2.24, 2.45) is 0 Å². The van der Waals surface area contributed by atoms with Gasteiger partial charge in [-0.3, -0.25) is 4.57 Å². The lowest BCUT2D eigenvalue weighted by atomic mass is 9.95. The number of aromatic nitrogens is 2. The molecule has 3 rings (SSSR count). The van der Waals surface area contributed by atoms with E-state index in [9.17, 15) is 9.59 Å². The zero-order valence-corrected chi connectivity index (χ0v) is 18.5. The molecule has 0 amide bonds. The minimum Gasteiger partial charge on any atom is -0.462 e. The first-order valence-electron chi connectivity index (χ1n) is 9.73. The second kappa shape index (κ2) is 9.53. The summed E-state index contributed by atoms with van der Waals surface area (Å²) in [5.74, 6) is -0.637. The van der Waals surface area contributed by atoms with Crippen molar-refractivity contribution in [3.05, 3.63) is 57.0 Å². The Balaban J connectivity index is 2.16. The van der Waals surface area contributed by atoms with Gasteiger partial charge in [-0.2, -0.15) is 0 Å². The van der Waals surface area contributed by atoms with E-state index in [0.717, 1.165) is 12.8 Å². The number of esters is 2. The third-order valence-electron chi connectivity index (χ3n) is 4.72. The summed E-state index contributed by atoms with van der Waals surface area (Å²) in [5, 5.41) is 3.90. The molecule has 0 bridgehead atoms. The van der Waals surface area contributed by atoms with Crippen molar-refractivity contribution >= 4 is 41.1 Å². The van der Waals surface area contributed by atoms with Gasteiger partial charge < -0.3 is 14.8 Å². The average Bonchev–Trinajstić information content (AvgIpc) is 3.11. The SMILES string of the molecule is CCCCOC(=O)C1=C(C)Nc2ncc(C(=O)OCC)n2C1c1ccc(Cl)cc1Cl. The van der Waals surface area contributed by atoms with Gasteiger partial charge in [0, 0.05) is 15.7 Å². The van der Waals surface area contributed by atoms with Crippen LogP contribution in [0.3, 0.4) is 0 Å². The number of imidazole rings is 1. The van der Waals surface area contributed by atoms with Crippen molar-refractivity contribution in [3.63, 3.8) is 0 Å². The molecule has 2 heterocycles. The van der Waals surface area contributed by atoms with Crippen molar-refractivity contribution in [3.8, 4) is 0 Å². The fourth-order valence-corrected chi connectivity index (χ4v) is 3.82. The summed E-state index contributed by atoms with van der Waals surface area (Å²) in [6.45, 7) is 6.00. The number of hydrogen-bond acceptors (Lipinski definition) is 6. The van der Waals surface area contributed by atoms with Gasteiger partial charge in [0.25, 0.3) is 0 Å². The van der Waals surface area contributed by atoms with Gasteiger partial charge in [0.15, 0.2) is 0 Å². The number of nitrogens with one attached hydrogen (secondary N) is 1. The molecule has 9 heteroatoms. The Morgan fingerprint density at radius 1 is 1.20 bits per heavy atom. The van der Waals surface area contributed by atoms with Crippen LogP contribution in [0.1, 0.15) is 55.7 Å². The van der Waals surface area contributed by atoms with Crippen LogP contribution in [0.15, 0.2) is 35.7 Å². The molecule has 1 aromatic carbocycles. The van der Waals surface area contributed by atoms with Crippen LogP contribution in [-0.4, -0.2) is 34.7 Å². The lowest BCUT2D eigenvalue weighted by molar-refractivity contribution is -0.139. The number of carbonyl (C=O) groups is 2. The molecule has 2 aromatic rings. The molecular weight excluding hydrogens is 429 g/mol. The van der Waals surface area contributed by atoms with E-state index in [0.29, 0.717) is 39.4 Å². The van der Waals surface area contributed by atoms with Crippen LogP contribution < -0.4 is 5.32 Å². The summed E-state index contributed by atoms with van der Waals surface area (Å²) < 4.78 is 12.3. The Labute approximate surface area is 185 Å². The number of hydrogen-bond donors (Lipinski definition) is 1. The first-order chi connectivity index (χ1) is 14.4. The highest BCUT2D eigenvalue weighted by Crippen LogP contribution is 2.41. The standard InChI is InChI=1S/C21H23Cl2N3O4/c1-4-6-9-30-20(28)17-12(3)25-21-24-11-16(19(27)29-5-2)26(21)18(17)14-8-7-13(22)10-15(14)23/h7-8,10-11,18H,4-6,9H2,1-3H3,(H,24,25). The maximum absolute atomic E-state index is 13.0. The molecule has 30 heavy (non-hydrogen) atoms. The van der Waals surface area contributed by atoms with Gasteiger partial charge in [-0.25, -0.2) is 14.6 Å². The molecular formula is C21H23Cl2N3O4. The predicted molar refractivity (Wildman–Crippen MR) is 115 cm³/mol. The molecule has 1 aliphatic rings. The van der Waals surface area contributed by atoms with E-state index < -0.39 is 18.0 Å². The van der Waals surface area contributed by atoms with Crippen molar-refractivity contribution in [2.45, 2.75) is 39.7 Å². The summed E-state index contributed by atoms with van der Waals surface area (Å²) in [6.07, 6.45) is 3.06. The number of allylic oxidation sites excluding steroid dienone is 1. The Morgan fingerprint density at radius 2 is 1.97 bits per heavy atom. The van der Waals surface area contributed by atoms with Crippen molar-refractivity contribution in [2.75, 3.05) is 18.5 Å². The Bertz CT molecular complexity index is 1000. The van der Waals surface area contributed by atoms with Crippen molar-refractivity contribution in [1.82, 2.24) is 9.55 Å². The second-order valence-corrected chi connectivity index (χ2v) is 7.62. The summed E-state index contributed by atoms with van der Waals surface area (Å²) in [5.41, 5.74) is 1.70. The zero-order valence-electron chi connectivity index (χ0n) is 17.0. The molecule has 0 saturated carbocycles. The van der Waals surface area contributed by atoms with Gasteiger partial charge in [0.05, 0.1) is 31.0 Å². The normalized spacial score (nSPS) is 15.4. The zero-order chi connectivity index (χ0) is 21.8. The molecule has 160 valence electrons. The van der Waals surface area contributed by atoms with E-state index in [-0.39, 0.29) is 12.3 Å². The number of nitrogens with zero attached hydrogens (tertiary/aromatic N) is 2. The molecule has 0 spiro atoms. The first kappa shape index (κ1) is 22.2. The molecule has 1 aromatic heterocycles. The fraction of sp³-hybridized carbons (Fsp3) is 0.381. The highest BCUT2D eigenvalue weighted by atomic mass is 35.5. The van der Waals surface area contributed by atoms with Crippen LogP contribution in [0.25, 0.3) is 0 Å². The molecule has 1 N–H and O–H groups in total. The topological polar surface area (TPSA) is 82.4 Å². The molecule has 1 aliphatic heterocycles. The van der Waals surface area contributed by atoms with Gasteiger partial charge in [0.1, 0.15) is 5.69 Å². The van der Waals surface area contributed by atoms with Crippen LogP contribution >= 0.6 is 23.2 Å². The molecule has 0 saturated heterocycles. The minimum atomic E-state index is -0.734. The van der Waals surface area contributed by atoms with E-state index >= 15 is 0 Å². The molecule has 7 nitrogen and oxygen atoms in total. The highest BCUT2D eigenvalue weighted by Gasteiger charge is 2.37. The number of anilines is 1. The highest BCUT2D eigenvalue weighted by molar-refractivity contribution is 6.35. The Morgan fingerprint density at radius 3 is 2.63 bits per heavy atom. The number of ether oxygens (including phenoxy) is 2. The first-order valence-corrected chi connectivity index (χ1v) is 10.5. The Hall–Kier alpha value is -2.51. The lowest BCUT2D eigenvalue weighted by Crippen LogP contribution is -2.31. The molecule has 1 atom stereocenters. The molecule has 0 radical (unpaired) electrons. The Kier molecular flexibility index (Phi) is 7.05. The van der Waals surface area contributed by atoms with Crippen LogP contribution in [-0.2, 0) is 14.3 Å². The van der Waals surface area contributed by atoms with Crippen molar-refractivity contribution < 1.29 is 19.1 Å². The van der Waals surface area contributed by atoms with Gasteiger partial charge in [-0.05, 0) is 38.0 Å². The van der Waals surface area contributed by atoms with Gasteiger partial charge >= 0.3 is 11.9 Å². The van der Waals surface area contributed by atoms with Crippen LogP contribution in [0.4, 0.5) is 5.95 Å². The minimum absolute atomic E-state index is 0.196. The van der Waals surface area contributed by atoms with E-state index in [4.69, 9.17) is 32.7 Å². The third kappa shape index (κ3) is 4.32. The maximum atomic E-state index is 13.0. The van der Waals surface area contributed by atoms with Crippen molar-refractivity contribution in [1.29, 1.82) is 0 Å². The number of carbonyl (C=O) groups excluding carboxylic acids is 2. The third-order valence-corrected chi connectivity index (χ3v) is 5.29. The lowest BCUT2D eigenvalue weighted by Gasteiger charge is -2.31. The van der Waals surface area contributed by atoms with E-state index in [1.165, 1.54) is 6.20 Å². The van der Waals surface area contributed by atoms with E-state index in [1.54, 1.807) is 36.6 Å². The van der Waals surface area contributed by atoms with Gasteiger partial charge in [0.2, 0.25) is 5.95 Å². The average molecular weight is 452 g/mol. The molecule has 0 fully saturated rings. The summed E-state index contributed by atoms with van der Waals surface area (Å²) in [6, 6.07) is 4.27. The monoisotopic (exact) mass is 451 g/mol. The van der Waals surface area contributed by atoms with Crippen LogP contribution in [0.2, 0.25) is 10.0 Å². The number of fused-ring (bicyclic) bond motifs is 1. The number of rotatable bonds is 7. The molecule has 0 aliphatic carbocycles. The van der Waals surface area contributed by atoms with Gasteiger partial charge in [-0.15, -0.1) is 0 Å². The number of halogens is 2. The van der Waals surface area contributed by atoms with Crippen LogP contribution in [0, 0.1) is 0 Å². The number of unbranched alkanes of at least 4 members (excludes halogenated alkanes) is 1. The van der Waals surface area contributed by atoms with E-state index in [2.05, 4.69) is 10.3 Å². The summed E-state index contributed by atoms with van der Waals surface area (Å²) >= 11 is 12.6. The summed E-state index contributed by atoms with van der Waals surface area (Å²) in [7, 11) is 0. The second-order valence-electron chi connectivity index (χ2n) is 6.78. The predicted octanol–water partition coefficient (Wildman–Crippen LogP) is 5.00. The van der Waals surface area contributed by atoms with Gasteiger partial charge in [-0.1, -0.05) is 42.6 Å². The summed E-state index contributed by atoms with van der Waals surface area (Å²) in [4.78, 5) is 29.9. The fourth-order valence-electron chi connectivity index (χ4n) is 3.31. The number of benzene rings is 1. The quantitative estimate of drug-likeness (QED) is 0.471. The molecule has 1 unspecified atom stereocenters. The van der Waals surface area contributed by atoms with Crippen LogP contribution in [0.5, 0.6) is 0 Å². The largest absolute Gasteiger partial charge is 0.462 e. The maximum Gasteiger partial charge on any atom is 0.356 e. The van der Waals surface area contributed by atoms with E-state index in [1.807, 2.05) is 6.92 Å². The smallest absolute Gasteiger partial charge is 0.356 e.